The van der Waals surface area contributed by atoms with Crippen LogP contribution in [0.4, 0.5) is 0 Å². The Bertz CT molecular complexity index is 288. The third-order valence-electron chi connectivity index (χ3n) is 4.80. The molecule has 2 unspecified atom stereocenters. The molecule has 0 aliphatic carbocycles. The van der Waals surface area contributed by atoms with Crippen molar-refractivity contribution in [1.29, 1.82) is 0 Å². The molecule has 3 aliphatic heterocycles. The van der Waals surface area contributed by atoms with Crippen LogP contribution in [0.3, 0.4) is 0 Å². The minimum Gasteiger partial charge on any atom is -0.381 e. The molecule has 1 N–H and O–H groups in total. The van der Waals surface area contributed by atoms with E-state index in [2.05, 4.69) is 10.2 Å². The highest BCUT2D eigenvalue weighted by molar-refractivity contribution is 5.79. The Kier molecular flexibility index (Phi) is 3.85. The van der Waals surface area contributed by atoms with Gasteiger partial charge in [0.15, 0.2) is 0 Å². The fourth-order valence-electron chi connectivity index (χ4n) is 3.62. The monoisotopic (exact) mass is 252 g/mol. The number of carbonyl (C=O) groups is 1. The molecule has 0 radical (unpaired) electrons. The van der Waals surface area contributed by atoms with E-state index >= 15 is 0 Å². The van der Waals surface area contributed by atoms with Gasteiger partial charge in [0.2, 0.25) is 5.91 Å². The highest BCUT2D eigenvalue weighted by Crippen LogP contribution is 2.27. The Morgan fingerprint density at radius 1 is 1.17 bits per heavy atom. The quantitative estimate of drug-likeness (QED) is 0.797. The zero-order valence-electron chi connectivity index (χ0n) is 11.1. The number of amides is 1. The Hall–Kier alpha value is -0.610. The molecular formula is C14H24N2O2. The van der Waals surface area contributed by atoms with Crippen molar-refractivity contribution in [1.82, 2.24) is 10.2 Å². The average Bonchev–Trinajstić information content (AvgIpc) is 3.11. The predicted molar refractivity (Wildman–Crippen MR) is 69.3 cm³/mol. The standard InChI is InChI=1S/C14H24N2O2/c17-14(12-5-9-18-10-12)16-7-3-11(4-8-16)13-2-1-6-15-13/h11-13,15H,1-10H2. The highest BCUT2D eigenvalue weighted by Gasteiger charge is 2.33. The van der Waals surface area contributed by atoms with Crippen molar-refractivity contribution in [2.24, 2.45) is 11.8 Å². The minimum atomic E-state index is 0.145. The first kappa shape index (κ1) is 12.4. The summed E-state index contributed by atoms with van der Waals surface area (Å²) in [5, 5.41) is 3.60. The van der Waals surface area contributed by atoms with E-state index in [9.17, 15) is 4.79 Å². The van der Waals surface area contributed by atoms with Gasteiger partial charge in [0.1, 0.15) is 0 Å². The Balaban J connectivity index is 1.48. The molecular weight excluding hydrogens is 228 g/mol. The van der Waals surface area contributed by atoms with E-state index in [4.69, 9.17) is 4.74 Å². The maximum Gasteiger partial charge on any atom is 0.228 e. The maximum atomic E-state index is 12.3. The Morgan fingerprint density at radius 3 is 2.61 bits per heavy atom. The van der Waals surface area contributed by atoms with Crippen LogP contribution in [0.2, 0.25) is 0 Å². The van der Waals surface area contributed by atoms with Crippen LogP contribution in [-0.4, -0.2) is 49.7 Å². The van der Waals surface area contributed by atoms with Gasteiger partial charge in [-0.15, -0.1) is 0 Å². The SMILES string of the molecule is O=C(C1CCOC1)N1CCC(C2CCCN2)CC1. The summed E-state index contributed by atoms with van der Waals surface area (Å²) >= 11 is 0. The van der Waals surface area contributed by atoms with Crippen molar-refractivity contribution in [3.63, 3.8) is 0 Å². The number of ether oxygens (including phenoxy) is 1. The summed E-state index contributed by atoms with van der Waals surface area (Å²) in [5.74, 6) is 1.27. The molecule has 0 aromatic rings. The minimum absolute atomic E-state index is 0.145. The maximum absolute atomic E-state index is 12.3. The number of nitrogens with one attached hydrogen (secondary N) is 1. The molecule has 3 aliphatic rings. The summed E-state index contributed by atoms with van der Waals surface area (Å²) in [6.07, 6.45) is 5.93. The molecule has 0 bridgehead atoms. The molecule has 102 valence electrons. The molecule has 4 nitrogen and oxygen atoms in total. The van der Waals surface area contributed by atoms with Crippen molar-refractivity contribution in [2.45, 2.75) is 38.1 Å². The molecule has 2 atom stereocenters. The first-order valence-corrected chi connectivity index (χ1v) is 7.44. The third kappa shape index (κ3) is 2.54. The van der Waals surface area contributed by atoms with Gasteiger partial charge in [0.25, 0.3) is 0 Å². The lowest BCUT2D eigenvalue weighted by Gasteiger charge is -2.35. The molecule has 0 spiro atoms. The second-order valence-electron chi connectivity index (χ2n) is 5.93. The molecule has 1 amide bonds. The fraction of sp³-hybridized carbons (Fsp3) is 0.929. The van der Waals surface area contributed by atoms with E-state index in [-0.39, 0.29) is 5.92 Å². The summed E-state index contributed by atoms with van der Waals surface area (Å²) in [7, 11) is 0. The van der Waals surface area contributed by atoms with Gasteiger partial charge >= 0.3 is 0 Å². The lowest BCUT2D eigenvalue weighted by atomic mass is 9.88. The van der Waals surface area contributed by atoms with Crippen LogP contribution in [0.15, 0.2) is 0 Å². The lowest BCUT2D eigenvalue weighted by Crippen LogP contribution is -2.45. The van der Waals surface area contributed by atoms with E-state index in [0.717, 1.165) is 38.1 Å². The van der Waals surface area contributed by atoms with Crippen molar-refractivity contribution in [2.75, 3.05) is 32.8 Å². The summed E-state index contributed by atoms with van der Waals surface area (Å²) in [5.41, 5.74) is 0. The van der Waals surface area contributed by atoms with Crippen LogP contribution in [0.5, 0.6) is 0 Å². The molecule has 0 aromatic carbocycles. The molecule has 3 fully saturated rings. The first-order valence-electron chi connectivity index (χ1n) is 7.44. The van der Waals surface area contributed by atoms with Crippen molar-refractivity contribution >= 4 is 5.91 Å². The van der Waals surface area contributed by atoms with Gasteiger partial charge < -0.3 is 15.0 Å². The van der Waals surface area contributed by atoms with E-state index < -0.39 is 0 Å². The van der Waals surface area contributed by atoms with Gasteiger partial charge in [-0.2, -0.15) is 0 Å². The van der Waals surface area contributed by atoms with Gasteiger partial charge in [-0.05, 0) is 44.6 Å². The summed E-state index contributed by atoms with van der Waals surface area (Å²) < 4.78 is 5.31. The van der Waals surface area contributed by atoms with E-state index in [0.29, 0.717) is 12.5 Å². The number of hydrogen-bond acceptors (Lipinski definition) is 3. The molecule has 0 aromatic heterocycles. The molecule has 18 heavy (non-hydrogen) atoms. The second-order valence-corrected chi connectivity index (χ2v) is 5.93. The van der Waals surface area contributed by atoms with Gasteiger partial charge in [0, 0.05) is 25.7 Å². The third-order valence-corrected chi connectivity index (χ3v) is 4.80. The van der Waals surface area contributed by atoms with E-state index in [1.54, 1.807) is 0 Å². The summed E-state index contributed by atoms with van der Waals surface area (Å²) in [4.78, 5) is 14.3. The second kappa shape index (κ2) is 5.57. The summed E-state index contributed by atoms with van der Waals surface area (Å²) in [6.45, 7) is 4.50. The zero-order valence-corrected chi connectivity index (χ0v) is 11.1. The van der Waals surface area contributed by atoms with Gasteiger partial charge in [-0.3, -0.25) is 4.79 Å². The number of carbonyl (C=O) groups excluding carboxylic acids is 1. The summed E-state index contributed by atoms with van der Waals surface area (Å²) in [6, 6.07) is 0.720. The molecule has 3 rings (SSSR count). The number of nitrogens with zero attached hydrogens (tertiary/aromatic N) is 1. The van der Waals surface area contributed by atoms with Crippen molar-refractivity contribution in [3.8, 4) is 0 Å². The van der Waals surface area contributed by atoms with Crippen LogP contribution >= 0.6 is 0 Å². The molecule has 3 saturated heterocycles. The highest BCUT2D eigenvalue weighted by atomic mass is 16.5. The van der Waals surface area contributed by atoms with Crippen molar-refractivity contribution < 1.29 is 9.53 Å². The van der Waals surface area contributed by atoms with Gasteiger partial charge in [-0.1, -0.05) is 0 Å². The molecule has 0 saturated carbocycles. The van der Waals surface area contributed by atoms with Gasteiger partial charge in [-0.25, -0.2) is 0 Å². The van der Waals surface area contributed by atoms with Crippen LogP contribution in [-0.2, 0) is 9.53 Å². The van der Waals surface area contributed by atoms with Crippen LogP contribution in [0.1, 0.15) is 32.1 Å². The van der Waals surface area contributed by atoms with Crippen LogP contribution in [0, 0.1) is 11.8 Å². The topological polar surface area (TPSA) is 41.6 Å². The van der Waals surface area contributed by atoms with E-state index in [1.165, 1.54) is 32.2 Å². The number of rotatable bonds is 2. The van der Waals surface area contributed by atoms with Gasteiger partial charge in [0.05, 0.1) is 12.5 Å². The average molecular weight is 252 g/mol. The van der Waals surface area contributed by atoms with Crippen molar-refractivity contribution in [3.05, 3.63) is 0 Å². The Labute approximate surface area is 109 Å². The number of likely N-dealkylation sites (tertiary alicyclic amines) is 1. The largest absolute Gasteiger partial charge is 0.381 e. The fourth-order valence-corrected chi connectivity index (χ4v) is 3.62. The molecule has 3 heterocycles. The zero-order chi connectivity index (χ0) is 12.4. The molecule has 4 heteroatoms. The smallest absolute Gasteiger partial charge is 0.228 e. The number of piperidine rings is 1. The van der Waals surface area contributed by atoms with E-state index in [1.807, 2.05) is 0 Å². The lowest BCUT2D eigenvalue weighted by molar-refractivity contribution is -0.137. The van der Waals surface area contributed by atoms with Crippen LogP contribution < -0.4 is 5.32 Å². The predicted octanol–water partition coefficient (Wildman–Crippen LogP) is 1.01. The normalized spacial score (nSPS) is 34.1. The Morgan fingerprint density at radius 2 is 2.00 bits per heavy atom. The number of hydrogen-bond donors (Lipinski definition) is 1. The van der Waals surface area contributed by atoms with Crippen LogP contribution in [0.25, 0.3) is 0 Å². The first-order chi connectivity index (χ1) is 8.84.